The molecule has 188 valence electrons. The molecule has 4 heterocycles. The highest BCUT2D eigenvalue weighted by atomic mass is 16.6. The van der Waals surface area contributed by atoms with E-state index in [4.69, 9.17) is 14.2 Å². The van der Waals surface area contributed by atoms with Crippen LogP contribution in [0.25, 0.3) is 11.2 Å². The van der Waals surface area contributed by atoms with Crippen LogP contribution in [0.4, 0.5) is 11.8 Å². The van der Waals surface area contributed by atoms with Crippen molar-refractivity contribution in [3.05, 3.63) is 24.5 Å². The largest absolute Gasteiger partial charge is 0.458 e. The average Bonchev–Trinajstić information content (AvgIpc) is 3.57. The van der Waals surface area contributed by atoms with Crippen LogP contribution in [0.2, 0.25) is 0 Å². The molecule has 0 saturated carbocycles. The first-order valence-electron chi connectivity index (χ1n) is 11.6. The number of nitrogens with zero attached hydrogens (tertiary/aromatic N) is 6. The number of hydrogen-bond donors (Lipinski definition) is 2. The molecule has 0 amide bonds. The van der Waals surface area contributed by atoms with E-state index in [9.17, 15) is 9.59 Å². The predicted octanol–water partition coefficient (Wildman–Crippen LogP) is 1.43. The summed E-state index contributed by atoms with van der Waals surface area (Å²) in [6.07, 6.45) is 5.45. The van der Waals surface area contributed by atoms with E-state index in [2.05, 4.69) is 44.4 Å². The molecule has 4 rings (SSSR count). The number of carbonyl (C=O) groups is 2. The van der Waals surface area contributed by atoms with Crippen LogP contribution in [0.1, 0.15) is 38.6 Å². The first-order valence-corrected chi connectivity index (χ1v) is 11.6. The SMILES string of the molecule is CCC(CC)Nc1nc(NCCc2cn(C)cn2)nc2c1ncn2C1OCC(OC=O)C1OC=O. The number of aryl methyl sites for hydroxylation is 1. The van der Waals surface area contributed by atoms with E-state index in [0.717, 1.165) is 18.5 Å². The monoisotopic (exact) mass is 486 g/mol. The molecule has 3 atom stereocenters. The van der Waals surface area contributed by atoms with Crippen LogP contribution in [0.15, 0.2) is 18.9 Å². The lowest BCUT2D eigenvalue weighted by atomic mass is 10.2. The Bertz CT molecular complexity index is 1140. The fraction of sp³-hybridized carbons (Fsp3) is 0.545. The van der Waals surface area contributed by atoms with Gasteiger partial charge in [-0.15, -0.1) is 0 Å². The van der Waals surface area contributed by atoms with Crippen molar-refractivity contribution in [2.24, 2.45) is 7.05 Å². The van der Waals surface area contributed by atoms with E-state index >= 15 is 0 Å². The maximum Gasteiger partial charge on any atom is 0.293 e. The Kier molecular flexibility index (Phi) is 7.75. The van der Waals surface area contributed by atoms with Gasteiger partial charge < -0.3 is 29.4 Å². The van der Waals surface area contributed by atoms with Crippen molar-refractivity contribution in [3.8, 4) is 0 Å². The van der Waals surface area contributed by atoms with Gasteiger partial charge in [-0.3, -0.25) is 14.2 Å². The van der Waals surface area contributed by atoms with Crippen molar-refractivity contribution in [2.75, 3.05) is 23.8 Å². The lowest BCUT2D eigenvalue weighted by molar-refractivity contribution is -0.150. The van der Waals surface area contributed by atoms with Crippen molar-refractivity contribution < 1.29 is 23.8 Å². The van der Waals surface area contributed by atoms with Gasteiger partial charge in [-0.05, 0) is 12.8 Å². The molecule has 35 heavy (non-hydrogen) atoms. The van der Waals surface area contributed by atoms with Gasteiger partial charge in [-0.2, -0.15) is 9.97 Å². The van der Waals surface area contributed by atoms with E-state index in [-0.39, 0.29) is 12.6 Å². The van der Waals surface area contributed by atoms with Gasteiger partial charge >= 0.3 is 0 Å². The quantitative estimate of drug-likeness (QED) is 0.338. The van der Waals surface area contributed by atoms with Crippen LogP contribution >= 0.6 is 0 Å². The normalized spacial score (nSPS) is 19.7. The van der Waals surface area contributed by atoms with Crippen LogP contribution in [0, 0.1) is 0 Å². The number of anilines is 2. The standard InChI is InChI=1S/C22H30N8O5/c1-4-14(5-2)26-19-17-20(28-22(27-19)23-7-6-15-8-29(3)10-24-15)30(11-25-17)21-18(35-13-32)16(9-33-21)34-12-31/h8,10-14,16,18,21H,4-7,9H2,1-3H3,(H2,23,26,27,28). The van der Waals surface area contributed by atoms with E-state index < -0.39 is 18.4 Å². The molecule has 0 aliphatic carbocycles. The van der Waals surface area contributed by atoms with Crippen molar-refractivity contribution in [1.82, 2.24) is 29.1 Å². The summed E-state index contributed by atoms with van der Waals surface area (Å²) in [7, 11) is 1.93. The molecule has 2 N–H and O–H groups in total. The maximum absolute atomic E-state index is 11.1. The molecule has 1 aliphatic heterocycles. The third kappa shape index (κ3) is 5.34. The molecular weight excluding hydrogens is 456 g/mol. The van der Waals surface area contributed by atoms with Gasteiger partial charge in [0, 0.05) is 32.3 Å². The molecule has 3 unspecified atom stereocenters. The molecule has 3 aromatic rings. The minimum absolute atomic E-state index is 0.0701. The van der Waals surface area contributed by atoms with Crippen LogP contribution in [0.3, 0.4) is 0 Å². The van der Waals surface area contributed by atoms with Gasteiger partial charge in [0.1, 0.15) is 0 Å². The maximum atomic E-state index is 11.1. The summed E-state index contributed by atoms with van der Waals surface area (Å²) >= 11 is 0. The smallest absolute Gasteiger partial charge is 0.293 e. The first kappa shape index (κ1) is 24.4. The van der Waals surface area contributed by atoms with Gasteiger partial charge in [-0.25, -0.2) is 9.97 Å². The summed E-state index contributed by atoms with van der Waals surface area (Å²) in [5, 5.41) is 6.73. The van der Waals surface area contributed by atoms with Gasteiger partial charge in [0.25, 0.3) is 12.9 Å². The highest BCUT2D eigenvalue weighted by molar-refractivity contribution is 5.84. The molecule has 1 aliphatic rings. The Morgan fingerprint density at radius 2 is 1.97 bits per heavy atom. The number of nitrogens with one attached hydrogen (secondary N) is 2. The fourth-order valence-corrected chi connectivity index (χ4v) is 4.08. The Morgan fingerprint density at radius 1 is 1.17 bits per heavy atom. The summed E-state index contributed by atoms with van der Waals surface area (Å²) < 4.78 is 19.6. The molecule has 0 bridgehead atoms. The zero-order chi connectivity index (χ0) is 24.8. The second-order valence-corrected chi connectivity index (χ2v) is 8.28. The third-order valence-corrected chi connectivity index (χ3v) is 5.97. The fourth-order valence-electron chi connectivity index (χ4n) is 4.08. The molecule has 0 aromatic carbocycles. The number of rotatable bonds is 13. The van der Waals surface area contributed by atoms with Crippen LogP contribution < -0.4 is 10.6 Å². The van der Waals surface area contributed by atoms with E-state index in [1.54, 1.807) is 17.2 Å². The topological polar surface area (TPSA) is 147 Å². The zero-order valence-corrected chi connectivity index (χ0v) is 20.0. The zero-order valence-electron chi connectivity index (χ0n) is 20.0. The van der Waals surface area contributed by atoms with Crippen molar-refractivity contribution in [2.45, 2.75) is 57.6 Å². The molecule has 0 spiro atoms. The highest BCUT2D eigenvalue weighted by Gasteiger charge is 2.43. The summed E-state index contributed by atoms with van der Waals surface area (Å²) in [4.78, 5) is 40.2. The Balaban J connectivity index is 1.66. The molecule has 13 nitrogen and oxygen atoms in total. The van der Waals surface area contributed by atoms with Gasteiger partial charge in [0.05, 0.1) is 25.0 Å². The summed E-state index contributed by atoms with van der Waals surface area (Å²) in [5.41, 5.74) is 2.00. The van der Waals surface area contributed by atoms with E-state index in [1.807, 2.05) is 17.8 Å². The second kappa shape index (κ2) is 11.1. The number of imidazole rings is 2. The molecule has 1 fully saturated rings. The second-order valence-electron chi connectivity index (χ2n) is 8.28. The van der Waals surface area contributed by atoms with E-state index in [1.165, 1.54) is 0 Å². The average molecular weight is 487 g/mol. The predicted molar refractivity (Wildman–Crippen MR) is 126 cm³/mol. The van der Waals surface area contributed by atoms with Crippen LogP contribution in [0.5, 0.6) is 0 Å². The summed E-state index contributed by atoms with van der Waals surface area (Å²) in [6.45, 7) is 5.48. The number of aromatic nitrogens is 6. The molecule has 13 heteroatoms. The Hall–Kier alpha value is -3.74. The lowest BCUT2D eigenvalue weighted by Gasteiger charge is -2.21. The molecular formula is C22H30N8O5. The highest BCUT2D eigenvalue weighted by Crippen LogP contribution is 2.32. The minimum atomic E-state index is -0.846. The van der Waals surface area contributed by atoms with Gasteiger partial charge in [-0.1, -0.05) is 13.8 Å². The van der Waals surface area contributed by atoms with Crippen LogP contribution in [-0.4, -0.2) is 73.4 Å². The number of fused-ring (bicyclic) bond motifs is 1. The van der Waals surface area contributed by atoms with Crippen molar-refractivity contribution in [3.63, 3.8) is 0 Å². The molecule has 0 radical (unpaired) electrons. The van der Waals surface area contributed by atoms with Gasteiger partial charge in [0.2, 0.25) is 5.95 Å². The number of ether oxygens (including phenoxy) is 3. The Morgan fingerprint density at radius 3 is 2.66 bits per heavy atom. The number of carbonyl (C=O) groups excluding carboxylic acids is 2. The van der Waals surface area contributed by atoms with E-state index in [0.29, 0.717) is 48.8 Å². The summed E-state index contributed by atoms with van der Waals surface area (Å²) in [5.74, 6) is 1.00. The Labute approximate surface area is 202 Å². The number of hydrogen-bond acceptors (Lipinski definition) is 11. The van der Waals surface area contributed by atoms with Crippen molar-refractivity contribution in [1.29, 1.82) is 0 Å². The third-order valence-electron chi connectivity index (χ3n) is 5.97. The minimum Gasteiger partial charge on any atom is -0.458 e. The molecule has 1 saturated heterocycles. The van der Waals surface area contributed by atoms with Gasteiger partial charge in [0.15, 0.2) is 35.4 Å². The molecule has 3 aromatic heterocycles. The van der Waals surface area contributed by atoms with Crippen LogP contribution in [-0.2, 0) is 37.3 Å². The summed E-state index contributed by atoms with van der Waals surface area (Å²) in [6, 6.07) is 0.207. The lowest BCUT2D eigenvalue weighted by Crippen LogP contribution is -2.33. The first-order chi connectivity index (χ1) is 17.1. The van der Waals surface area contributed by atoms with Crippen molar-refractivity contribution >= 4 is 35.9 Å².